The second kappa shape index (κ2) is 9.29. The summed E-state index contributed by atoms with van der Waals surface area (Å²) >= 11 is 0. The molecule has 1 aromatic rings. The SMILES string of the molecule is CCOC(=O)CCCNC(=O)CN1C(=O)NC(CC)(c2ccc(F)cc2)C1=O. The van der Waals surface area contributed by atoms with Gasteiger partial charge in [0, 0.05) is 13.0 Å². The second-order valence-corrected chi connectivity index (χ2v) is 6.35. The summed E-state index contributed by atoms with van der Waals surface area (Å²) in [6, 6.07) is 4.63. The number of ether oxygens (including phenoxy) is 1. The average Bonchev–Trinajstić information content (AvgIpc) is 2.91. The number of esters is 1. The molecule has 1 saturated heterocycles. The molecule has 0 saturated carbocycles. The molecular weight excluding hydrogens is 369 g/mol. The number of hydrogen-bond acceptors (Lipinski definition) is 5. The molecule has 0 radical (unpaired) electrons. The Balaban J connectivity index is 1.96. The van der Waals surface area contributed by atoms with Gasteiger partial charge in [-0.1, -0.05) is 19.1 Å². The summed E-state index contributed by atoms with van der Waals surface area (Å²) < 4.78 is 18.0. The van der Waals surface area contributed by atoms with Gasteiger partial charge in [-0.25, -0.2) is 9.18 Å². The first-order valence-electron chi connectivity index (χ1n) is 9.16. The van der Waals surface area contributed by atoms with Crippen molar-refractivity contribution >= 4 is 23.8 Å². The second-order valence-electron chi connectivity index (χ2n) is 6.35. The molecule has 1 aromatic carbocycles. The highest BCUT2D eigenvalue weighted by atomic mass is 19.1. The van der Waals surface area contributed by atoms with E-state index in [0.717, 1.165) is 4.90 Å². The molecule has 0 spiro atoms. The fourth-order valence-corrected chi connectivity index (χ4v) is 3.04. The monoisotopic (exact) mass is 393 g/mol. The van der Waals surface area contributed by atoms with Gasteiger partial charge in [0.1, 0.15) is 17.9 Å². The molecule has 4 amide bonds. The topological polar surface area (TPSA) is 105 Å². The number of carbonyl (C=O) groups is 4. The van der Waals surface area contributed by atoms with E-state index >= 15 is 0 Å². The van der Waals surface area contributed by atoms with E-state index in [9.17, 15) is 23.6 Å². The maximum atomic E-state index is 13.2. The van der Waals surface area contributed by atoms with Crippen LogP contribution in [-0.4, -0.2) is 48.4 Å². The summed E-state index contributed by atoms with van der Waals surface area (Å²) in [5, 5.41) is 5.20. The molecule has 2 N–H and O–H groups in total. The van der Waals surface area contributed by atoms with E-state index in [1.54, 1.807) is 13.8 Å². The van der Waals surface area contributed by atoms with Crippen molar-refractivity contribution in [3.8, 4) is 0 Å². The summed E-state index contributed by atoms with van der Waals surface area (Å²) in [5.74, 6) is -1.88. The van der Waals surface area contributed by atoms with Crippen molar-refractivity contribution in [2.45, 2.75) is 38.6 Å². The zero-order valence-electron chi connectivity index (χ0n) is 15.9. The van der Waals surface area contributed by atoms with E-state index in [0.29, 0.717) is 18.6 Å². The predicted molar refractivity (Wildman–Crippen MR) is 97.5 cm³/mol. The first-order chi connectivity index (χ1) is 13.3. The smallest absolute Gasteiger partial charge is 0.325 e. The van der Waals surface area contributed by atoms with Crippen molar-refractivity contribution in [3.05, 3.63) is 35.6 Å². The van der Waals surface area contributed by atoms with Crippen LogP contribution < -0.4 is 10.6 Å². The number of nitrogens with one attached hydrogen (secondary N) is 2. The first kappa shape index (κ1) is 21.3. The first-order valence-corrected chi connectivity index (χ1v) is 9.16. The highest BCUT2D eigenvalue weighted by molar-refractivity contribution is 6.09. The van der Waals surface area contributed by atoms with E-state index in [-0.39, 0.29) is 25.4 Å². The van der Waals surface area contributed by atoms with Crippen LogP contribution in [0, 0.1) is 5.82 Å². The number of imide groups is 1. The molecule has 0 bridgehead atoms. The molecule has 1 fully saturated rings. The third-order valence-corrected chi connectivity index (χ3v) is 4.53. The van der Waals surface area contributed by atoms with Crippen molar-refractivity contribution in [1.82, 2.24) is 15.5 Å². The minimum atomic E-state index is -1.32. The third-order valence-electron chi connectivity index (χ3n) is 4.53. The number of hydrogen-bond donors (Lipinski definition) is 2. The number of halogens is 1. The molecule has 0 aliphatic carbocycles. The molecule has 1 atom stereocenters. The van der Waals surface area contributed by atoms with Gasteiger partial charge in [-0.3, -0.25) is 19.3 Å². The summed E-state index contributed by atoms with van der Waals surface area (Å²) in [6.45, 7) is 3.51. The van der Waals surface area contributed by atoms with Crippen molar-refractivity contribution in [3.63, 3.8) is 0 Å². The lowest BCUT2D eigenvalue weighted by Crippen LogP contribution is -2.45. The fourth-order valence-electron chi connectivity index (χ4n) is 3.04. The van der Waals surface area contributed by atoms with Crippen molar-refractivity contribution in [2.24, 2.45) is 0 Å². The van der Waals surface area contributed by atoms with Gasteiger partial charge in [0.05, 0.1) is 6.61 Å². The van der Waals surface area contributed by atoms with E-state index in [1.807, 2.05) is 0 Å². The van der Waals surface area contributed by atoms with E-state index in [2.05, 4.69) is 10.6 Å². The molecule has 0 aromatic heterocycles. The van der Waals surface area contributed by atoms with Gasteiger partial charge < -0.3 is 15.4 Å². The highest BCUT2D eigenvalue weighted by Crippen LogP contribution is 2.32. The zero-order valence-corrected chi connectivity index (χ0v) is 15.9. The maximum Gasteiger partial charge on any atom is 0.325 e. The number of amides is 4. The van der Waals surface area contributed by atoms with Gasteiger partial charge in [-0.15, -0.1) is 0 Å². The van der Waals surface area contributed by atoms with E-state index in [4.69, 9.17) is 4.74 Å². The average molecular weight is 393 g/mol. The molecule has 9 heteroatoms. The molecule has 2 rings (SSSR count). The van der Waals surface area contributed by atoms with E-state index < -0.39 is 35.7 Å². The normalized spacial score (nSPS) is 18.8. The summed E-state index contributed by atoms with van der Waals surface area (Å²) in [4.78, 5) is 49.4. The lowest BCUT2D eigenvalue weighted by Gasteiger charge is -2.25. The van der Waals surface area contributed by atoms with Crippen LogP contribution in [0.3, 0.4) is 0 Å². The van der Waals surface area contributed by atoms with Gasteiger partial charge >= 0.3 is 12.0 Å². The zero-order chi connectivity index (χ0) is 20.7. The molecule has 1 aliphatic heterocycles. The predicted octanol–water partition coefficient (Wildman–Crippen LogP) is 1.44. The Bertz CT molecular complexity index is 752. The molecule has 1 unspecified atom stereocenters. The molecule has 1 aliphatic rings. The Hall–Kier alpha value is -2.97. The fraction of sp³-hybridized carbons (Fsp3) is 0.474. The van der Waals surface area contributed by atoms with Crippen LogP contribution >= 0.6 is 0 Å². The molecule has 152 valence electrons. The summed E-state index contributed by atoms with van der Waals surface area (Å²) in [7, 11) is 0. The van der Waals surface area contributed by atoms with Gasteiger partial charge in [0.15, 0.2) is 0 Å². The molecule has 28 heavy (non-hydrogen) atoms. The lowest BCUT2D eigenvalue weighted by molar-refractivity contribution is -0.143. The minimum absolute atomic E-state index is 0.167. The van der Waals surface area contributed by atoms with Crippen LogP contribution in [-0.2, 0) is 24.7 Å². The number of carbonyl (C=O) groups excluding carboxylic acids is 4. The Morgan fingerprint density at radius 3 is 2.50 bits per heavy atom. The van der Waals surface area contributed by atoms with Crippen molar-refractivity contribution in [2.75, 3.05) is 19.7 Å². The van der Waals surface area contributed by atoms with Crippen molar-refractivity contribution < 1.29 is 28.3 Å². The molecule has 8 nitrogen and oxygen atoms in total. The van der Waals surface area contributed by atoms with Crippen molar-refractivity contribution in [1.29, 1.82) is 0 Å². The van der Waals surface area contributed by atoms with Crippen LogP contribution in [0.4, 0.5) is 9.18 Å². The van der Waals surface area contributed by atoms with Gasteiger partial charge in [0.2, 0.25) is 5.91 Å². The Kier molecular flexibility index (Phi) is 7.08. The van der Waals surface area contributed by atoms with Crippen LogP contribution in [0.25, 0.3) is 0 Å². The highest BCUT2D eigenvalue weighted by Gasteiger charge is 2.51. The van der Waals surface area contributed by atoms with E-state index in [1.165, 1.54) is 24.3 Å². The standard InChI is InChI=1S/C19H24FN3O5/c1-3-19(13-7-9-14(20)10-8-13)17(26)23(18(27)22-19)12-15(24)21-11-5-6-16(25)28-4-2/h7-10H,3-6,11-12H2,1-2H3,(H,21,24)(H,22,27). The third kappa shape index (κ3) is 4.65. The largest absolute Gasteiger partial charge is 0.466 e. The molecular formula is C19H24FN3O5. The summed E-state index contributed by atoms with van der Waals surface area (Å²) in [5.41, 5.74) is -0.873. The van der Waals surface area contributed by atoms with Gasteiger partial charge in [-0.05, 0) is 37.5 Å². The molecule has 1 heterocycles. The number of rotatable bonds is 9. The Morgan fingerprint density at radius 2 is 1.89 bits per heavy atom. The Morgan fingerprint density at radius 1 is 1.21 bits per heavy atom. The Labute approximate surface area is 162 Å². The number of benzene rings is 1. The maximum absolute atomic E-state index is 13.2. The van der Waals surface area contributed by atoms with Gasteiger partial charge in [-0.2, -0.15) is 0 Å². The number of nitrogens with zero attached hydrogens (tertiary/aromatic N) is 1. The van der Waals surface area contributed by atoms with Gasteiger partial charge in [0.25, 0.3) is 5.91 Å². The van der Waals surface area contributed by atoms with Crippen LogP contribution in [0.1, 0.15) is 38.7 Å². The summed E-state index contributed by atoms with van der Waals surface area (Å²) in [6.07, 6.45) is 0.806. The van der Waals surface area contributed by atoms with Crippen LogP contribution in [0.2, 0.25) is 0 Å². The quantitative estimate of drug-likeness (QED) is 0.375. The van der Waals surface area contributed by atoms with Crippen LogP contribution in [0.5, 0.6) is 0 Å². The lowest BCUT2D eigenvalue weighted by atomic mass is 9.87. The number of urea groups is 1. The minimum Gasteiger partial charge on any atom is -0.466 e. The van der Waals surface area contributed by atoms with Crippen LogP contribution in [0.15, 0.2) is 24.3 Å².